The van der Waals surface area contributed by atoms with Crippen LogP contribution < -0.4 is 20.7 Å². The summed E-state index contributed by atoms with van der Waals surface area (Å²) in [5.41, 5.74) is 4.81. The predicted octanol–water partition coefficient (Wildman–Crippen LogP) is 6.78. The molecule has 5 aromatic carbocycles. The Morgan fingerprint density at radius 1 is 0.774 bits per heavy atom. The van der Waals surface area contributed by atoms with Crippen molar-refractivity contribution in [1.82, 2.24) is 15.6 Å². The molecule has 0 aliphatic heterocycles. The molecule has 4 N–H and O–H groups in total. The van der Waals surface area contributed by atoms with Gasteiger partial charge in [-0.05, 0) is 79.6 Å². The molecule has 0 aliphatic rings. The molecular weight excluding hydrogens is 668 g/mol. The van der Waals surface area contributed by atoms with E-state index < -0.39 is 5.91 Å². The molecule has 0 unspecified atom stereocenters. The number of aryl methyl sites for hydroxylation is 1. The van der Waals surface area contributed by atoms with E-state index >= 15 is 0 Å². The molecule has 10 heteroatoms. The van der Waals surface area contributed by atoms with Crippen LogP contribution in [-0.4, -0.2) is 53.4 Å². The summed E-state index contributed by atoms with van der Waals surface area (Å²) in [6, 6.07) is 39.4. The topological polar surface area (TPSA) is 143 Å². The molecule has 10 nitrogen and oxygen atoms in total. The highest BCUT2D eigenvalue weighted by Gasteiger charge is 2.18. The average Bonchev–Trinajstić information content (AvgIpc) is 3.57. The van der Waals surface area contributed by atoms with Gasteiger partial charge in [-0.3, -0.25) is 14.4 Å². The molecule has 0 bridgehead atoms. The van der Waals surface area contributed by atoms with E-state index in [2.05, 4.69) is 20.9 Å². The number of carbonyl (C=O) groups excluding carboxylic acids is 3. The maximum absolute atomic E-state index is 13.5. The number of aromatic nitrogens is 1. The monoisotopic (exact) mass is 708 g/mol. The number of oxazole rings is 1. The van der Waals surface area contributed by atoms with Gasteiger partial charge < -0.3 is 30.2 Å². The minimum atomic E-state index is -0.432. The van der Waals surface area contributed by atoms with E-state index in [1.807, 2.05) is 97.9 Å². The Labute approximate surface area is 307 Å². The Morgan fingerprint density at radius 3 is 2.19 bits per heavy atom. The van der Waals surface area contributed by atoms with E-state index in [9.17, 15) is 19.5 Å². The van der Waals surface area contributed by atoms with Crippen molar-refractivity contribution in [2.75, 3.05) is 25.0 Å². The molecule has 0 spiro atoms. The largest absolute Gasteiger partial charge is 0.508 e. The highest BCUT2D eigenvalue weighted by molar-refractivity contribution is 6.12. The lowest BCUT2D eigenvalue weighted by molar-refractivity contribution is -0.120. The maximum atomic E-state index is 13.5. The van der Waals surface area contributed by atoms with Crippen molar-refractivity contribution < 1.29 is 28.6 Å². The van der Waals surface area contributed by atoms with E-state index in [0.717, 1.165) is 22.6 Å². The smallest absolute Gasteiger partial charge is 0.251 e. The fourth-order valence-electron chi connectivity index (χ4n) is 5.76. The summed E-state index contributed by atoms with van der Waals surface area (Å²) < 4.78 is 11.9. The number of amides is 2. The Kier molecular flexibility index (Phi) is 11.9. The van der Waals surface area contributed by atoms with Gasteiger partial charge in [-0.15, -0.1) is 0 Å². The summed E-state index contributed by atoms with van der Waals surface area (Å²) >= 11 is 0. The molecule has 0 saturated carbocycles. The van der Waals surface area contributed by atoms with E-state index in [1.165, 1.54) is 24.3 Å². The molecule has 1 atom stereocenters. The first-order chi connectivity index (χ1) is 25.8. The Hall–Kier alpha value is -6.68. The second kappa shape index (κ2) is 17.5. The van der Waals surface area contributed by atoms with Gasteiger partial charge in [0.25, 0.3) is 5.91 Å². The first kappa shape index (κ1) is 36.1. The Bertz CT molecular complexity index is 2130. The van der Waals surface area contributed by atoms with Crippen molar-refractivity contribution in [2.45, 2.75) is 25.8 Å². The third-order valence-electron chi connectivity index (χ3n) is 8.58. The van der Waals surface area contributed by atoms with Gasteiger partial charge in [0.15, 0.2) is 5.78 Å². The van der Waals surface area contributed by atoms with Crippen molar-refractivity contribution in [3.8, 4) is 23.0 Å². The third-order valence-corrected chi connectivity index (χ3v) is 8.58. The van der Waals surface area contributed by atoms with Crippen molar-refractivity contribution in [3.63, 3.8) is 0 Å². The van der Waals surface area contributed by atoms with Gasteiger partial charge in [0.2, 0.25) is 11.8 Å². The van der Waals surface area contributed by atoms with Crippen LogP contribution in [0.4, 0.5) is 5.69 Å². The summed E-state index contributed by atoms with van der Waals surface area (Å²) in [6.45, 7) is 2.30. The quantitative estimate of drug-likeness (QED) is 0.0807. The maximum Gasteiger partial charge on any atom is 0.251 e. The number of ketones is 1. The predicted molar refractivity (Wildman–Crippen MR) is 203 cm³/mol. The van der Waals surface area contributed by atoms with Gasteiger partial charge in [-0.2, -0.15) is 0 Å². The van der Waals surface area contributed by atoms with E-state index in [0.29, 0.717) is 53.5 Å². The number of ether oxygens (including phenoxy) is 1. The first-order valence-corrected chi connectivity index (χ1v) is 17.3. The van der Waals surface area contributed by atoms with Crippen LogP contribution in [0.5, 0.6) is 11.5 Å². The minimum absolute atomic E-state index is 0.0443. The zero-order valence-electron chi connectivity index (χ0n) is 29.3. The normalized spacial score (nSPS) is 11.3. The summed E-state index contributed by atoms with van der Waals surface area (Å²) in [6.07, 6.45) is 1.10. The number of aromatic hydroxyl groups is 1. The van der Waals surface area contributed by atoms with Crippen molar-refractivity contribution >= 4 is 23.3 Å². The van der Waals surface area contributed by atoms with Crippen molar-refractivity contribution in [3.05, 3.63) is 167 Å². The van der Waals surface area contributed by atoms with Crippen LogP contribution in [0.25, 0.3) is 11.5 Å². The van der Waals surface area contributed by atoms with Gasteiger partial charge in [0.05, 0.1) is 18.8 Å². The van der Waals surface area contributed by atoms with Crippen LogP contribution in [0.2, 0.25) is 0 Å². The van der Waals surface area contributed by atoms with Gasteiger partial charge in [-0.25, -0.2) is 4.98 Å². The lowest BCUT2D eigenvalue weighted by Gasteiger charge is -2.22. The molecule has 6 aromatic rings. The summed E-state index contributed by atoms with van der Waals surface area (Å²) in [4.78, 5) is 43.5. The number of para-hydroxylation sites is 1. The standard InChI is InChI=1S/C43H40N4O6/c1-29-38(47-43(53-29)33-12-6-3-7-13-33)24-25-52-36-22-16-30(17-23-36)26-34(27-44-40(49)28-45-42(51)32-18-20-35(48)21-19-32)46-39-15-9-8-14-37(39)41(50)31-10-4-2-5-11-31/h2-23,34,46,48H,24-28H2,1H3,(H,44,49)(H,45,51)/t34-/m0/s1. The van der Waals surface area contributed by atoms with E-state index in [4.69, 9.17) is 9.15 Å². The number of hydrogen-bond acceptors (Lipinski definition) is 8. The molecule has 0 saturated heterocycles. The van der Waals surface area contributed by atoms with Crippen molar-refractivity contribution in [1.29, 1.82) is 0 Å². The molecule has 53 heavy (non-hydrogen) atoms. The van der Waals surface area contributed by atoms with Gasteiger partial charge >= 0.3 is 0 Å². The average molecular weight is 709 g/mol. The van der Waals surface area contributed by atoms with Gasteiger partial charge in [-0.1, -0.05) is 72.8 Å². The summed E-state index contributed by atoms with van der Waals surface area (Å²) in [7, 11) is 0. The highest BCUT2D eigenvalue weighted by atomic mass is 16.5. The van der Waals surface area contributed by atoms with Crippen LogP contribution >= 0.6 is 0 Å². The highest BCUT2D eigenvalue weighted by Crippen LogP contribution is 2.24. The zero-order valence-corrected chi connectivity index (χ0v) is 29.3. The third kappa shape index (κ3) is 9.98. The van der Waals surface area contributed by atoms with Gasteiger partial charge in [0.1, 0.15) is 17.3 Å². The number of phenols is 1. The molecule has 2 amide bonds. The number of benzene rings is 5. The molecule has 268 valence electrons. The second-order valence-corrected chi connectivity index (χ2v) is 12.5. The number of rotatable bonds is 16. The molecule has 1 heterocycles. The summed E-state index contributed by atoms with van der Waals surface area (Å²) in [5, 5.41) is 18.5. The van der Waals surface area contributed by atoms with Crippen LogP contribution in [0.1, 0.15) is 43.3 Å². The number of nitrogens with zero attached hydrogens (tertiary/aromatic N) is 1. The Balaban J connectivity index is 1.09. The summed E-state index contributed by atoms with van der Waals surface area (Å²) in [5.74, 6) is 1.18. The number of phenolic OH excluding ortho intramolecular Hbond substituents is 1. The molecule has 0 aliphatic carbocycles. The molecule has 1 aromatic heterocycles. The first-order valence-electron chi connectivity index (χ1n) is 17.3. The fourth-order valence-corrected chi connectivity index (χ4v) is 5.76. The number of anilines is 1. The second-order valence-electron chi connectivity index (χ2n) is 12.5. The molecule has 0 radical (unpaired) electrons. The van der Waals surface area contributed by atoms with Crippen LogP contribution in [-0.2, 0) is 17.6 Å². The van der Waals surface area contributed by atoms with E-state index in [1.54, 1.807) is 18.2 Å². The zero-order chi connectivity index (χ0) is 37.0. The van der Waals surface area contributed by atoms with Crippen molar-refractivity contribution in [2.24, 2.45) is 0 Å². The lowest BCUT2D eigenvalue weighted by Crippen LogP contribution is -2.42. The Morgan fingerprint density at radius 2 is 1.45 bits per heavy atom. The van der Waals surface area contributed by atoms with Gasteiger partial charge in [0, 0.05) is 46.9 Å². The number of carbonyl (C=O) groups is 3. The number of hydrogen-bond donors (Lipinski definition) is 4. The van der Waals surface area contributed by atoms with E-state index in [-0.39, 0.29) is 36.6 Å². The number of nitrogens with one attached hydrogen (secondary N) is 3. The SMILES string of the molecule is Cc1oc(-c2ccccc2)nc1CCOc1ccc(C[C@@H](CNC(=O)CNC(=O)c2ccc(O)cc2)Nc2ccccc2C(=O)c2ccccc2)cc1. The van der Waals surface area contributed by atoms with Crippen LogP contribution in [0, 0.1) is 6.92 Å². The fraction of sp³-hybridized carbons (Fsp3) is 0.163. The van der Waals surface area contributed by atoms with Crippen LogP contribution in [0.15, 0.2) is 138 Å². The molecule has 0 fully saturated rings. The molecule has 6 rings (SSSR count). The minimum Gasteiger partial charge on any atom is -0.508 e. The van der Waals surface area contributed by atoms with Crippen LogP contribution in [0.3, 0.4) is 0 Å². The molecular formula is C43H40N4O6. The lowest BCUT2D eigenvalue weighted by atomic mass is 10.00.